The van der Waals surface area contributed by atoms with E-state index in [-0.39, 0.29) is 12.5 Å². The number of rotatable bonds is 47. The van der Waals surface area contributed by atoms with E-state index in [9.17, 15) is 15.0 Å². The van der Waals surface area contributed by atoms with Crippen LogP contribution in [0, 0.1) is 0 Å². The summed E-state index contributed by atoms with van der Waals surface area (Å²) in [6.45, 7) is 4.20. The molecule has 356 valence electrons. The van der Waals surface area contributed by atoms with Gasteiger partial charge in [-0.25, -0.2) is 0 Å². The molecule has 0 aliphatic rings. The fraction of sp³-hybridized carbons (Fsp3) is 0.707. The minimum atomic E-state index is -0.855. The average molecular weight is 860 g/mol. The van der Waals surface area contributed by atoms with Crippen molar-refractivity contribution in [3.63, 3.8) is 0 Å². The van der Waals surface area contributed by atoms with Gasteiger partial charge in [-0.3, -0.25) is 4.79 Å². The summed E-state index contributed by atoms with van der Waals surface area (Å²) in [5.74, 6) is -0.0850. The van der Waals surface area contributed by atoms with Gasteiger partial charge in [0.25, 0.3) is 0 Å². The number of unbranched alkanes of at least 4 members (excludes halogenated alkanes) is 26. The lowest BCUT2D eigenvalue weighted by atomic mass is 10.0. The second-order valence-electron chi connectivity index (χ2n) is 17.6. The number of carbonyl (C=O) groups excluding carboxylic acids is 1. The molecule has 0 aliphatic carbocycles. The summed E-state index contributed by atoms with van der Waals surface area (Å²) in [6.07, 6.45) is 78.3. The molecule has 0 fully saturated rings. The fourth-order valence-corrected chi connectivity index (χ4v) is 7.57. The molecule has 1 amide bonds. The molecule has 0 aromatic carbocycles. The molecule has 2 atom stereocenters. The standard InChI is InChI=1S/C58H101NO3/c1-3-5-7-9-11-13-15-17-19-21-23-25-27-28-29-30-32-34-36-38-40-42-44-46-48-50-52-54-58(62)59-56(55-60)57(61)53-51-49-47-45-43-41-39-37-35-33-31-26-24-22-20-18-16-14-12-10-8-6-4-2/h5,7,11,13,17,19,23,25,28-29,32,34,38,40,51,53,56-57,60-61H,3-4,6,8-10,12,14-16,18,20-22,24,26-27,30-31,33,35-37,39,41-50,52,54-55H2,1-2H3,(H,59,62)/b7-5-,13-11-,19-17-,25-23-,29-28-,34-32-,40-38-,53-51+. The van der Waals surface area contributed by atoms with Crippen LogP contribution in [-0.4, -0.2) is 34.9 Å². The summed E-state index contributed by atoms with van der Waals surface area (Å²) < 4.78 is 0. The molecule has 62 heavy (non-hydrogen) atoms. The molecule has 3 N–H and O–H groups in total. The molecule has 0 radical (unpaired) electrons. The zero-order valence-corrected chi connectivity index (χ0v) is 40.9. The zero-order chi connectivity index (χ0) is 44.9. The summed E-state index contributed by atoms with van der Waals surface area (Å²) in [5, 5.41) is 23.1. The molecular weight excluding hydrogens is 759 g/mol. The molecule has 2 unspecified atom stereocenters. The van der Waals surface area contributed by atoms with E-state index >= 15 is 0 Å². The third-order valence-electron chi connectivity index (χ3n) is 11.6. The summed E-state index contributed by atoms with van der Waals surface area (Å²) in [6, 6.07) is -0.641. The quantitative estimate of drug-likeness (QED) is 0.0422. The van der Waals surface area contributed by atoms with E-state index in [0.29, 0.717) is 6.42 Å². The van der Waals surface area contributed by atoms with Crippen LogP contribution < -0.4 is 5.32 Å². The second kappa shape index (κ2) is 52.7. The number of hydrogen-bond acceptors (Lipinski definition) is 3. The van der Waals surface area contributed by atoms with Crippen LogP contribution in [0.1, 0.15) is 245 Å². The summed E-state index contributed by atoms with van der Waals surface area (Å²) in [7, 11) is 0. The van der Waals surface area contributed by atoms with Crippen molar-refractivity contribution < 1.29 is 15.0 Å². The van der Waals surface area contributed by atoms with Crippen molar-refractivity contribution in [3.8, 4) is 0 Å². The smallest absolute Gasteiger partial charge is 0.220 e. The van der Waals surface area contributed by atoms with Gasteiger partial charge in [0, 0.05) is 6.42 Å². The van der Waals surface area contributed by atoms with E-state index in [0.717, 1.165) is 83.5 Å². The lowest BCUT2D eigenvalue weighted by molar-refractivity contribution is -0.123. The highest BCUT2D eigenvalue weighted by Gasteiger charge is 2.18. The molecule has 0 rings (SSSR count). The highest BCUT2D eigenvalue weighted by atomic mass is 16.3. The monoisotopic (exact) mass is 860 g/mol. The van der Waals surface area contributed by atoms with Crippen LogP contribution in [-0.2, 0) is 4.79 Å². The number of aliphatic hydroxyl groups is 2. The Morgan fingerprint density at radius 2 is 0.710 bits per heavy atom. The van der Waals surface area contributed by atoms with Gasteiger partial charge in [0.05, 0.1) is 18.8 Å². The molecule has 4 nitrogen and oxygen atoms in total. The van der Waals surface area contributed by atoms with E-state index < -0.39 is 12.1 Å². The van der Waals surface area contributed by atoms with Crippen molar-refractivity contribution in [2.45, 2.75) is 257 Å². The highest BCUT2D eigenvalue weighted by Crippen LogP contribution is 2.16. The first-order valence-electron chi connectivity index (χ1n) is 26.5. The summed E-state index contributed by atoms with van der Waals surface area (Å²) in [4.78, 5) is 12.5. The van der Waals surface area contributed by atoms with E-state index in [1.807, 2.05) is 6.08 Å². The van der Waals surface area contributed by atoms with Crippen molar-refractivity contribution in [3.05, 3.63) is 97.2 Å². The molecule has 0 aromatic heterocycles. The molecule has 0 saturated heterocycles. The number of nitrogens with one attached hydrogen (secondary N) is 1. The molecule has 0 saturated carbocycles. The van der Waals surface area contributed by atoms with Gasteiger partial charge in [-0.15, -0.1) is 0 Å². The Bertz CT molecular complexity index is 1160. The molecule has 0 heterocycles. The maximum atomic E-state index is 12.5. The van der Waals surface area contributed by atoms with Crippen molar-refractivity contribution in [1.29, 1.82) is 0 Å². The van der Waals surface area contributed by atoms with Crippen LogP contribution in [0.5, 0.6) is 0 Å². The SMILES string of the molecule is CC/C=C\C/C=C\C/C=C\C/C=C\C/C=C\C/C=C\C/C=C\CCCCCCCC(=O)NC(CO)C(O)/C=C/CCCCCCCCCCCCCCCCCCCCCCC. The zero-order valence-electron chi connectivity index (χ0n) is 40.9. The summed E-state index contributed by atoms with van der Waals surface area (Å²) >= 11 is 0. The first-order chi connectivity index (χ1) is 30.7. The van der Waals surface area contributed by atoms with E-state index in [1.165, 1.54) is 141 Å². The third-order valence-corrected chi connectivity index (χ3v) is 11.6. The Balaban J connectivity index is 3.63. The Morgan fingerprint density at radius 3 is 1.06 bits per heavy atom. The number of amides is 1. The van der Waals surface area contributed by atoms with Crippen LogP contribution in [0.2, 0.25) is 0 Å². The minimum absolute atomic E-state index is 0.0850. The van der Waals surface area contributed by atoms with Crippen molar-refractivity contribution in [2.75, 3.05) is 6.61 Å². The fourth-order valence-electron chi connectivity index (χ4n) is 7.57. The Morgan fingerprint density at radius 1 is 0.403 bits per heavy atom. The predicted octanol–water partition coefficient (Wildman–Crippen LogP) is 17.4. The van der Waals surface area contributed by atoms with E-state index in [1.54, 1.807) is 6.08 Å². The molecule has 4 heteroatoms. The number of carbonyl (C=O) groups is 1. The Kier molecular flexibility index (Phi) is 50.4. The first-order valence-corrected chi connectivity index (χ1v) is 26.5. The molecule has 0 spiro atoms. The molecule has 0 bridgehead atoms. The van der Waals surface area contributed by atoms with Gasteiger partial charge in [-0.1, -0.05) is 259 Å². The topological polar surface area (TPSA) is 69.6 Å². The van der Waals surface area contributed by atoms with E-state index in [4.69, 9.17) is 0 Å². The van der Waals surface area contributed by atoms with E-state index in [2.05, 4.69) is 104 Å². The van der Waals surface area contributed by atoms with Gasteiger partial charge in [0.1, 0.15) is 0 Å². The van der Waals surface area contributed by atoms with Gasteiger partial charge < -0.3 is 15.5 Å². The van der Waals surface area contributed by atoms with Crippen molar-refractivity contribution in [1.82, 2.24) is 5.32 Å². The van der Waals surface area contributed by atoms with Crippen LogP contribution in [0.3, 0.4) is 0 Å². The average Bonchev–Trinajstić information content (AvgIpc) is 3.28. The van der Waals surface area contributed by atoms with Crippen LogP contribution in [0.4, 0.5) is 0 Å². The summed E-state index contributed by atoms with van der Waals surface area (Å²) in [5.41, 5.74) is 0. The van der Waals surface area contributed by atoms with Crippen LogP contribution in [0.15, 0.2) is 97.2 Å². The second-order valence-corrected chi connectivity index (χ2v) is 17.6. The molecule has 0 aromatic rings. The maximum Gasteiger partial charge on any atom is 0.220 e. The Hall–Kier alpha value is -2.69. The van der Waals surface area contributed by atoms with Crippen molar-refractivity contribution >= 4 is 5.91 Å². The minimum Gasteiger partial charge on any atom is -0.394 e. The van der Waals surface area contributed by atoms with Gasteiger partial charge in [0.2, 0.25) is 5.91 Å². The lowest BCUT2D eigenvalue weighted by Gasteiger charge is -2.20. The third kappa shape index (κ3) is 48.3. The van der Waals surface area contributed by atoms with Gasteiger partial charge >= 0.3 is 0 Å². The molecular formula is C58H101NO3. The lowest BCUT2D eigenvalue weighted by Crippen LogP contribution is -2.45. The molecule has 0 aliphatic heterocycles. The number of hydrogen-bond donors (Lipinski definition) is 3. The van der Waals surface area contributed by atoms with Crippen molar-refractivity contribution in [2.24, 2.45) is 0 Å². The van der Waals surface area contributed by atoms with Gasteiger partial charge in [0.15, 0.2) is 0 Å². The first kappa shape index (κ1) is 59.3. The van der Waals surface area contributed by atoms with Crippen LogP contribution >= 0.6 is 0 Å². The maximum absolute atomic E-state index is 12.5. The predicted molar refractivity (Wildman–Crippen MR) is 276 cm³/mol. The number of aliphatic hydroxyl groups excluding tert-OH is 2. The normalized spacial score (nSPS) is 13.7. The highest BCUT2D eigenvalue weighted by molar-refractivity contribution is 5.76. The Labute approximate surface area is 385 Å². The van der Waals surface area contributed by atoms with Crippen LogP contribution in [0.25, 0.3) is 0 Å². The van der Waals surface area contributed by atoms with Gasteiger partial charge in [-0.05, 0) is 77.0 Å². The number of allylic oxidation sites excluding steroid dienone is 15. The largest absolute Gasteiger partial charge is 0.394 e. The van der Waals surface area contributed by atoms with Gasteiger partial charge in [-0.2, -0.15) is 0 Å².